The lowest BCUT2D eigenvalue weighted by atomic mass is 10.1. The van der Waals surface area contributed by atoms with Gasteiger partial charge in [-0.15, -0.1) is 13.2 Å². The zero-order valence-electron chi connectivity index (χ0n) is 14.8. The molecule has 7 heteroatoms. The van der Waals surface area contributed by atoms with Crippen LogP contribution in [0.2, 0.25) is 0 Å². The van der Waals surface area contributed by atoms with Gasteiger partial charge in [-0.2, -0.15) is 0 Å². The fourth-order valence-corrected chi connectivity index (χ4v) is 4.04. The van der Waals surface area contributed by atoms with Crippen molar-refractivity contribution in [1.29, 1.82) is 0 Å². The molecule has 0 radical (unpaired) electrons. The predicted molar refractivity (Wildman–Crippen MR) is 112 cm³/mol. The summed E-state index contributed by atoms with van der Waals surface area (Å²) in [6, 6.07) is 17.7. The summed E-state index contributed by atoms with van der Waals surface area (Å²) in [6.07, 6.45) is -3.95. The van der Waals surface area contributed by atoms with Crippen molar-refractivity contribution in [2.24, 2.45) is 0 Å². The molecule has 0 atom stereocenters. The molecule has 0 unspecified atom stereocenters. The second kappa shape index (κ2) is 7.20. The number of ether oxygens (including phenoxy) is 1. The van der Waals surface area contributed by atoms with Gasteiger partial charge in [0.25, 0.3) is 0 Å². The number of benzene rings is 3. The van der Waals surface area contributed by atoms with Crippen molar-refractivity contribution in [3.63, 3.8) is 0 Å². The van der Waals surface area contributed by atoms with Gasteiger partial charge in [0.2, 0.25) is 0 Å². The first-order valence-electron chi connectivity index (χ1n) is 8.63. The molecule has 3 aromatic carbocycles. The Kier molecular flexibility index (Phi) is 4.86. The van der Waals surface area contributed by atoms with Crippen LogP contribution in [0, 0.1) is 0 Å². The van der Waals surface area contributed by atoms with E-state index in [1.54, 1.807) is 15.2 Å². The van der Waals surface area contributed by atoms with Gasteiger partial charge in [0.1, 0.15) is 5.58 Å². The lowest BCUT2D eigenvalue weighted by molar-refractivity contribution is -0.274. The van der Waals surface area contributed by atoms with E-state index in [9.17, 15) is 13.2 Å². The van der Waals surface area contributed by atoms with Crippen LogP contribution in [0.25, 0.3) is 21.9 Å². The van der Waals surface area contributed by atoms with E-state index < -0.39 is 6.36 Å². The van der Waals surface area contributed by atoms with Gasteiger partial charge in [0, 0.05) is 10.8 Å². The summed E-state index contributed by atoms with van der Waals surface area (Å²) >= 11 is 1.97. The SMILES string of the molecule is CCc1cccc2c1oc1c(N(I)c3ccccc3OC(F)(F)F)cccc12. The summed E-state index contributed by atoms with van der Waals surface area (Å²) < 4.78 is 50.4. The molecule has 0 saturated carbocycles. The van der Waals surface area contributed by atoms with E-state index in [2.05, 4.69) is 11.7 Å². The topological polar surface area (TPSA) is 25.6 Å². The van der Waals surface area contributed by atoms with Crippen molar-refractivity contribution in [3.8, 4) is 5.75 Å². The van der Waals surface area contributed by atoms with Gasteiger partial charge in [-0.05, 0) is 30.2 Å². The molecule has 3 nitrogen and oxygen atoms in total. The summed E-state index contributed by atoms with van der Waals surface area (Å²) in [6.45, 7) is 2.05. The van der Waals surface area contributed by atoms with Crippen LogP contribution in [0.5, 0.6) is 5.75 Å². The maximum absolute atomic E-state index is 12.8. The number of furan rings is 1. The number of halogens is 4. The highest BCUT2D eigenvalue weighted by molar-refractivity contribution is 14.1. The minimum Gasteiger partial charge on any atom is -0.454 e. The van der Waals surface area contributed by atoms with Gasteiger partial charge in [-0.25, -0.2) is 0 Å². The normalized spacial score (nSPS) is 11.9. The Morgan fingerprint density at radius 1 is 0.893 bits per heavy atom. The molecule has 4 rings (SSSR count). The lowest BCUT2D eigenvalue weighted by Gasteiger charge is -2.20. The van der Waals surface area contributed by atoms with Crippen molar-refractivity contribution >= 4 is 56.2 Å². The highest BCUT2D eigenvalue weighted by atomic mass is 127. The van der Waals surface area contributed by atoms with Crippen molar-refractivity contribution in [2.45, 2.75) is 19.7 Å². The van der Waals surface area contributed by atoms with E-state index in [-0.39, 0.29) is 11.4 Å². The van der Waals surface area contributed by atoms with Crippen LogP contribution in [0.1, 0.15) is 12.5 Å². The molecule has 0 bridgehead atoms. The molecule has 0 spiro atoms. The molecule has 4 aromatic rings. The number of hydrogen-bond acceptors (Lipinski definition) is 3. The molecule has 0 aliphatic heterocycles. The third kappa shape index (κ3) is 3.39. The van der Waals surface area contributed by atoms with Gasteiger partial charge in [0.15, 0.2) is 11.3 Å². The average molecular weight is 497 g/mol. The predicted octanol–water partition coefficient (Wildman–Crippen LogP) is 7.54. The molecule has 0 saturated heterocycles. The van der Waals surface area contributed by atoms with E-state index in [0.717, 1.165) is 28.3 Å². The largest absolute Gasteiger partial charge is 0.573 e. The second-order valence-corrected chi connectivity index (χ2v) is 7.16. The Morgan fingerprint density at radius 3 is 2.25 bits per heavy atom. The van der Waals surface area contributed by atoms with Crippen molar-refractivity contribution in [2.75, 3.05) is 3.11 Å². The van der Waals surface area contributed by atoms with Gasteiger partial charge in [-0.3, -0.25) is 3.11 Å². The van der Waals surface area contributed by atoms with E-state index in [1.165, 1.54) is 12.1 Å². The van der Waals surface area contributed by atoms with Crippen LogP contribution in [-0.2, 0) is 6.42 Å². The second-order valence-electron chi connectivity index (χ2n) is 6.20. The molecule has 1 heterocycles. The number of aryl methyl sites for hydroxylation is 1. The van der Waals surface area contributed by atoms with Crippen LogP contribution < -0.4 is 7.85 Å². The molecule has 0 fully saturated rings. The Labute approximate surface area is 173 Å². The van der Waals surface area contributed by atoms with Crippen LogP contribution in [-0.4, -0.2) is 6.36 Å². The Balaban J connectivity index is 1.88. The van der Waals surface area contributed by atoms with Gasteiger partial charge in [-0.1, -0.05) is 49.4 Å². The summed E-state index contributed by atoms with van der Waals surface area (Å²) in [5.74, 6) is -0.272. The van der Waals surface area contributed by atoms with Crippen LogP contribution in [0.15, 0.2) is 65.1 Å². The maximum atomic E-state index is 12.8. The summed E-state index contributed by atoms with van der Waals surface area (Å²) in [5.41, 5.74) is 3.44. The summed E-state index contributed by atoms with van der Waals surface area (Å²) in [4.78, 5) is 0. The first-order chi connectivity index (χ1) is 13.4. The van der Waals surface area contributed by atoms with Gasteiger partial charge < -0.3 is 9.15 Å². The highest BCUT2D eigenvalue weighted by Crippen LogP contribution is 2.44. The number of hydrogen-bond donors (Lipinski definition) is 0. The lowest BCUT2D eigenvalue weighted by Crippen LogP contribution is -2.18. The molecule has 0 aliphatic carbocycles. The molecular formula is C21H15F3INO2. The van der Waals surface area contributed by atoms with Gasteiger partial charge in [0.05, 0.1) is 34.2 Å². The monoisotopic (exact) mass is 497 g/mol. The van der Waals surface area contributed by atoms with Crippen molar-refractivity contribution in [1.82, 2.24) is 0 Å². The van der Waals surface area contributed by atoms with Gasteiger partial charge >= 0.3 is 6.36 Å². The van der Waals surface area contributed by atoms with E-state index in [4.69, 9.17) is 4.42 Å². The third-order valence-corrected chi connectivity index (χ3v) is 5.52. The molecule has 0 amide bonds. The summed E-state index contributed by atoms with van der Waals surface area (Å²) in [7, 11) is 0. The Morgan fingerprint density at radius 2 is 1.54 bits per heavy atom. The summed E-state index contributed by atoms with van der Waals surface area (Å²) in [5, 5.41) is 1.90. The Hall–Kier alpha value is -2.42. The molecule has 28 heavy (non-hydrogen) atoms. The van der Waals surface area contributed by atoms with E-state index >= 15 is 0 Å². The number of rotatable bonds is 4. The number of para-hydroxylation sites is 4. The highest BCUT2D eigenvalue weighted by Gasteiger charge is 2.33. The van der Waals surface area contributed by atoms with E-state index in [0.29, 0.717) is 11.3 Å². The minimum atomic E-state index is -4.77. The number of alkyl halides is 3. The fraction of sp³-hybridized carbons (Fsp3) is 0.143. The first-order valence-corrected chi connectivity index (χ1v) is 9.59. The zero-order valence-corrected chi connectivity index (χ0v) is 16.9. The van der Waals surface area contributed by atoms with E-state index in [1.807, 2.05) is 59.3 Å². The zero-order chi connectivity index (χ0) is 19.9. The average Bonchev–Trinajstić information content (AvgIpc) is 3.05. The standard InChI is InChI=1S/C21H15F3INO2/c1-2-13-7-5-8-14-15-9-6-11-17(20(15)27-19(13)14)26(25)16-10-3-4-12-18(16)28-21(22,23)24/h3-12H,2H2,1H3. The van der Waals surface area contributed by atoms with Crippen molar-refractivity contribution < 1.29 is 22.3 Å². The quantitative estimate of drug-likeness (QED) is 0.215. The molecule has 144 valence electrons. The van der Waals surface area contributed by atoms with Crippen molar-refractivity contribution in [3.05, 3.63) is 66.2 Å². The first kappa shape index (κ1) is 18.9. The number of anilines is 2. The molecule has 0 N–H and O–H groups in total. The smallest absolute Gasteiger partial charge is 0.454 e. The van der Waals surface area contributed by atoms with Crippen LogP contribution in [0.3, 0.4) is 0 Å². The number of fused-ring (bicyclic) bond motifs is 3. The van der Waals surface area contributed by atoms with Crippen LogP contribution in [0.4, 0.5) is 24.5 Å². The molecule has 1 aromatic heterocycles. The molecular weight excluding hydrogens is 482 g/mol. The van der Waals surface area contributed by atoms with Crippen LogP contribution >= 0.6 is 22.9 Å². The minimum absolute atomic E-state index is 0.272. The fourth-order valence-electron chi connectivity index (χ4n) is 3.26. The molecule has 0 aliphatic rings. The maximum Gasteiger partial charge on any atom is 0.573 e. The Bertz CT molecular complexity index is 1150. The number of nitrogens with zero attached hydrogens (tertiary/aromatic N) is 1. The third-order valence-electron chi connectivity index (χ3n) is 4.48.